The van der Waals surface area contributed by atoms with Crippen LogP contribution in [0.15, 0.2) is 24.3 Å². The van der Waals surface area contributed by atoms with Crippen molar-refractivity contribution < 1.29 is 9.53 Å². The van der Waals surface area contributed by atoms with Gasteiger partial charge in [-0.3, -0.25) is 4.79 Å². The molecule has 0 bridgehead atoms. The van der Waals surface area contributed by atoms with E-state index in [-0.39, 0.29) is 12.0 Å². The van der Waals surface area contributed by atoms with Crippen molar-refractivity contribution in [1.29, 1.82) is 0 Å². The molecule has 1 aromatic heterocycles. The van der Waals surface area contributed by atoms with E-state index in [2.05, 4.69) is 27.8 Å². The number of benzene rings is 1. The third kappa shape index (κ3) is 4.24. The van der Waals surface area contributed by atoms with Crippen LogP contribution in [0.25, 0.3) is 11.0 Å². The van der Waals surface area contributed by atoms with Gasteiger partial charge >= 0.3 is 0 Å². The number of rotatable bonds is 5. The first kappa shape index (κ1) is 17.5. The van der Waals surface area contributed by atoms with Crippen molar-refractivity contribution in [3.05, 3.63) is 30.1 Å². The molecule has 1 aromatic carbocycles. The highest BCUT2D eigenvalue weighted by Crippen LogP contribution is 2.35. The third-order valence-corrected chi connectivity index (χ3v) is 5.65. The van der Waals surface area contributed by atoms with E-state index >= 15 is 0 Å². The molecule has 1 saturated carbocycles. The Morgan fingerprint density at radius 1 is 1.23 bits per heavy atom. The number of hydrogen-bond acceptors (Lipinski definition) is 4. The molecule has 1 saturated heterocycles. The maximum Gasteiger partial charge on any atom is 0.222 e. The van der Waals surface area contributed by atoms with E-state index in [0.29, 0.717) is 24.9 Å². The highest BCUT2D eigenvalue weighted by Gasteiger charge is 2.25. The summed E-state index contributed by atoms with van der Waals surface area (Å²) in [7, 11) is 0. The fourth-order valence-electron chi connectivity index (χ4n) is 4.09. The second kappa shape index (κ2) is 8.18. The fraction of sp³-hybridized carbons (Fsp3) is 0.600. The molecule has 2 heterocycles. The van der Waals surface area contributed by atoms with Gasteiger partial charge in [-0.2, -0.15) is 0 Å². The molecule has 0 radical (unpaired) electrons. The molecular formula is C20H28N4O2. The first-order valence-corrected chi connectivity index (χ1v) is 9.81. The van der Waals surface area contributed by atoms with Crippen molar-refractivity contribution in [2.75, 3.05) is 26.2 Å². The molecule has 2 fully saturated rings. The van der Waals surface area contributed by atoms with Gasteiger partial charge in [-0.15, -0.1) is 0 Å². The van der Waals surface area contributed by atoms with Crippen molar-refractivity contribution in [3.8, 4) is 0 Å². The van der Waals surface area contributed by atoms with Gasteiger partial charge in [-0.05, 0) is 43.7 Å². The molecule has 1 aliphatic carbocycles. The number of hydrogen-bond donors (Lipinski definition) is 3. The Labute approximate surface area is 154 Å². The zero-order chi connectivity index (χ0) is 17.8. The normalized spacial score (nSPS) is 26.7. The molecule has 0 spiro atoms. The molecule has 0 unspecified atom stereocenters. The van der Waals surface area contributed by atoms with Gasteiger partial charge in [0.2, 0.25) is 5.91 Å². The number of fused-ring (bicyclic) bond motifs is 1. The molecule has 140 valence electrons. The van der Waals surface area contributed by atoms with Crippen molar-refractivity contribution >= 4 is 16.9 Å². The number of amides is 1. The van der Waals surface area contributed by atoms with Crippen molar-refractivity contribution in [2.45, 2.75) is 44.1 Å². The molecule has 6 nitrogen and oxygen atoms in total. The standard InChI is InChI=1S/C20H28N4O2/c25-19(11-16-13-21-9-10-26-16)22-12-14-5-7-15(8-6-14)20-23-17-3-1-2-4-18(17)24-20/h1-4,14-16,21H,5-13H2,(H,22,25)(H,23,24)/t14?,15?,16-/m0/s1. The Hall–Kier alpha value is -1.92. The summed E-state index contributed by atoms with van der Waals surface area (Å²) in [6.07, 6.45) is 5.04. The van der Waals surface area contributed by atoms with Gasteiger partial charge in [0.1, 0.15) is 5.82 Å². The summed E-state index contributed by atoms with van der Waals surface area (Å²) in [5.74, 6) is 2.31. The van der Waals surface area contributed by atoms with Gasteiger partial charge < -0.3 is 20.4 Å². The largest absolute Gasteiger partial charge is 0.375 e. The third-order valence-electron chi connectivity index (χ3n) is 5.65. The fourth-order valence-corrected chi connectivity index (χ4v) is 4.09. The number of aromatic amines is 1. The van der Waals surface area contributed by atoms with Gasteiger partial charge in [0.15, 0.2) is 0 Å². The number of nitrogens with zero attached hydrogens (tertiary/aromatic N) is 1. The molecule has 2 aromatic rings. The molecule has 6 heteroatoms. The topological polar surface area (TPSA) is 79.0 Å². The summed E-state index contributed by atoms with van der Waals surface area (Å²) < 4.78 is 5.59. The van der Waals surface area contributed by atoms with Gasteiger partial charge in [0.25, 0.3) is 0 Å². The predicted octanol–water partition coefficient (Wildman–Crippen LogP) is 2.33. The van der Waals surface area contributed by atoms with Gasteiger partial charge in [0, 0.05) is 25.6 Å². The molecule has 1 aliphatic heterocycles. The van der Waals surface area contributed by atoms with Gasteiger partial charge in [0.05, 0.1) is 30.2 Å². The number of carbonyl (C=O) groups excluding carboxylic acids is 1. The molecule has 26 heavy (non-hydrogen) atoms. The number of nitrogens with one attached hydrogen (secondary N) is 3. The van der Waals surface area contributed by atoms with E-state index in [1.54, 1.807) is 0 Å². The lowest BCUT2D eigenvalue weighted by molar-refractivity contribution is -0.124. The summed E-state index contributed by atoms with van der Waals surface area (Å²) in [5.41, 5.74) is 2.17. The maximum absolute atomic E-state index is 12.1. The summed E-state index contributed by atoms with van der Waals surface area (Å²) in [4.78, 5) is 20.3. The van der Waals surface area contributed by atoms with Crippen molar-refractivity contribution in [2.24, 2.45) is 5.92 Å². The Balaban J connectivity index is 1.21. The van der Waals surface area contributed by atoms with Crippen molar-refractivity contribution in [3.63, 3.8) is 0 Å². The number of H-pyrrole nitrogens is 1. The second-order valence-corrected chi connectivity index (χ2v) is 7.56. The van der Waals surface area contributed by atoms with Crippen LogP contribution < -0.4 is 10.6 Å². The number of para-hydroxylation sites is 2. The van der Waals surface area contributed by atoms with Crippen molar-refractivity contribution in [1.82, 2.24) is 20.6 Å². The van der Waals surface area contributed by atoms with E-state index < -0.39 is 0 Å². The highest BCUT2D eigenvalue weighted by molar-refractivity contribution is 5.76. The molecular weight excluding hydrogens is 328 g/mol. The van der Waals surface area contributed by atoms with E-state index in [1.807, 2.05) is 12.1 Å². The Bertz CT molecular complexity index is 697. The Kier molecular flexibility index (Phi) is 5.51. The summed E-state index contributed by atoms with van der Waals surface area (Å²) in [5, 5.41) is 6.37. The average Bonchev–Trinajstić information content (AvgIpc) is 3.12. The van der Waals surface area contributed by atoms with Crippen LogP contribution >= 0.6 is 0 Å². The zero-order valence-electron chi connectivity index (χ0n) is 15.2. The van der Waals surface area contributed by atoms with E-state index in [9.17, 15) is 4.79 Å². The second-order valence-electron chi connectivity index (χ2n) is 7.56. The molecule has 1 atom stereocenters. The lowest BCUT2D eigenvalue weighted by Crippen LogP contribution is -2.42. The Morgan fingerprint density at radius 3 is 2.85 bits per heavy atom. The maximum atomic E-state index is 12.1. The van der Waals surface area contributed by atoms with E-state index in [4.69, 9.17) is 9.72 Å². The first-order chi connectivity index (χ1) is 12.8. The van der Waals surface area contributed by atoms with Crippen LogP contribution in [-0.4, -0.2) is 48.2 Å². The number of aromatic nitrogens is 2. The molecule has 1 amide bonds. The smallest absolute Gasteiger partial charge is 0.222 e. The number of imidazole rings is 1. The summed E-state index contributed by atoms with van der Waals surface area (Å²) in [6, 6.07) is 8.21. The van der Waals surface area contributed by atoms with E-state index in [1.165, 1.54) is 0 Å². The lowest BCUT2D eigenvalue weighted by atomic mass is 9.81. The van der Waals surface area contributed by atoms with Crippen LogP contribution in [0.1, 0.15) is 43.8 Å². The zero-order valence-corrected chi connectivity index (χ0v) is 15.2. The number of carbonyl (C=O) groups is 1. The SMILES string of the molecule is O=C(C[C@H]1CNCCO1)NCC1CCC(c2nc3ccccc3[nH]2)CC1. The molecule has 4 rings (SSSR count). The molecule has 2 aliphatic rings. The minimum atomic E-state index is 0.0209. The monoisotopic (exact) mass is 356 g/mol. The predicted molar refractivity (Wildman–Crippen MR) is 101 cm³/mol. The number of ether oxygens (including phenoxy) is 1. The van der Waals surface area contributed by atoms with Gasteiger partial charge in [-0.1, -0.05) is 12.1 Å². The van der Waals surface area contributed by atoms with Crippen LogP contribution in [0.5, 0.6) is 0 Å². The minimum absolute atomic E-state index is 0.0209. The van der Waals surface area contributed by atoms with Crippen LogP contribution in [0.2, 0.25) is 0 Å². The first-order valence-electron chi connectivity index (χ1n) is 9.81. The van der Waals surface area contributed by atoms with Crippen LogP contribution in [0, 0.1) is 5.92 Å². The summed E-state index contributed by atoms with van der Waals surface area (Å²) in [6.45, 7) is 3.14. The molecule has 3 N–H and O–H groups in total. The van der Waals surface area contributed by atoms with Gasteiger partial charge in [-0.25, -0.2) is 4.98 Å². The van der Waals surface area contributed by atoms with Crippen LogP contribution in [0.3, 0.4) is 0 Å². The lowest BCUT2D eigenvalue weighted by Gasteiger charge is -2.28. The minimum Gasteiger partial charge on any atom is -0.375 e. The average molecular weight is 356 g/mol. The highest BCUT2D eigenvalue weighted by atomic mass is 16.5. The van der Waals surface area contributed by atoms with E-state index in [0.717, 1.165) is 62.2 Å². The number of morpholine rings is 1. The quantitative estimate of drug-likeness (QED) is 0.768. The van der Waals surface area contributed by atoms with Crippen LogP contribution in [0.4, 0.5) is 0 Å². The Morgan fingerprint density at radius 2 is 2.08 bits per heavy atom. The van der Waals surface area contributed by atoms with Crippen LogP contribution in [-0.2, 0) is 9.53 Å². The summed E-state index contributed by atoms with van der Waals surface area (Å²) >= 11 is 0.